The SMILES string of the molecule is CC(C)(C)n1ncnc1CN1CCCCCC1CC(O)c1ccco1. The van der Waals surface area contributed by atoms with Crippen LogP contribution in [0.5, 0.6) is 0 Å². The number of aliphatic hydroxyl groups excluding tert-OH is 1. The number of furan rings is 1. The second kappa shape index (κ2) is 7.70. The topological polar surface area (TPSA) is 67.3 Å². The maximum Gasteiger partial charge on any atom is 0.141 e. The normalized spacial score (nSPS) is 21.2. The predicted octanol–water partition coefficient (Wildman–Crippen LogP) is 3.49. The largest absolute Gasteiger partial charge is 0.467 e. The van der Waals surface area contributed by atoms with Crippen molar-refractivity contribution in [3.8, 4) is 0 Å². The Morgan fingerprint density at radius 2 is 2.16 bits per heavy atom. The monoisotopic (exact) mass is 346 g/mol. The maximum absolute atomic E-state index is 10.5. The molecule has 1 saturated heterocycles. The molecule has 0 bridgehead atoms. The summed E-state index contributed by atoms with van der Waals surface area (Å²) in [5, 5.41) is 14.9. The molecule has 25 heavy (non-hydrogen) atoms. The smallest absolute Gasteiger partial charge is 0.141 e. The molecule has 6 heteroatoms. The first-order valence-electron chi connectivity index (χ1n) is 9.30. The van der Waals surface area contributed by atoms with Gasteiger partial charge in [-0.05, 0) is 58.7 Å². The van der Waals surface area contributed by atoms with Gasteiger partial charge in [0.2, 0.25) is 0 Å². The summed E-state index contributed by atoms with van der Waals surface area (Å²) in [5.41, 5.74) is -0.0825. The summed E-state index contributed by atoms with van der Waals surface area (Å²) in [6.45, 7) is 8.24. The number of hydrogen-bond donors (Lipinski definition) is 1. The lowest BCUT2D eigenvalue weighted by Crippen LogP contribution is -2.37. The minimum atomic E-state index is -0.555. The van der Waals surface area contributed by atoms with Crippen molar-refractivity contribution < 1.29 is 9.52 Å². The fourth-order valence-electron chi connectivity index (χ4n) is 3.68. The lowest BCUT2D eigenvalue weighted by atomic mass is 10.0. The second-order valence-electron chi connectivity index (χ2n) is 8.00. The van der Waals surface area contributed by atoms with Crippen molar-refractivity contribution in [2.24, 2.45) is 0 Å². The van der Waals surface area contributed by atoms with Crippen LogP contribution in [0.4, 0.5) is 0 Å². The molecule has 2 atom stereocenters. The summed E-state index contributed by atoms with van der Waals surface area (Å²) >= 11 is 0. The molecule has 0 spiro atoms. The maximum atomic E-state index is 10.5. The molecule has 1 N–H and O–H groups in total. The van der Waals surface area contributed by atoms with E-state index in [4.69, 9.17) is 4.42 Å². The average Bonchev–Trinajstić information content (AvgIpc) is 3.19. The zero-order valence-corrected chi connectivity index (χ0v) is 15.6. The quantitative estimate of drug-likeness (QED) is 0.897. The third-order valence-electron chi connectivity index (χ3n) is 4.96. The van der Waals surface area contributed by atoms with Crippen LogP contribution in [0.2, 0.25) is 0 Å². The van der Waals surface area contributed by atoms with Gasteiger partial charge in [0.05, 0.1) is 18.3 Å². The molecule has 0 amide bonds. The molecule has 3 rings (SSSR count). The first-order valence-corrected chi connectivity index (χ1v) is 9.30. The van der Waals surface area contributed by atoms with Gasteiger partial charge in [0, 0.05) is 6.04 Å². The highest BCUT2D eigenvalue weighted by Crippen LogP contribution is 2.28. The number of aliphatic hydroxyl groups is 1. The fourth-order valence-corrected chi connectivity index (χ4v) is 3.68. The lowest BCUT2D eigenvalue weighted by molar-refractivity contribution is 0.0803. The van der Waals surface area contributed by atoms with E-state index >= 15 is 0 Å². The van der Waals surface area contributed by atoms with Crippen LogP contribution in [-0.4, -0.2) is 37.4 Å². The van der Waals surface area contributed by atoms with Crippen LogP contribution in [0.3, 0.4) is 0 Å². The van der Waals surface area contributed by atoms with E-state index < -0.39 is 6.10 Å². The van der Waals surface area contributed by atoms with E-state index in [2.05, 4.69) is 35.8 Å². The van der Waals surface area contributed by atoms with Crippen molar-refractivity contribution in [1.29, 1.82) is 0 Å². The summed E-state index contributed by atoms with van der Waals surface area (Å²) in [5.74, 6) is 1.65. The number of aromatic nitrogens is 3. The molecule has 0 radical (unpaired) electrons. The first-order chi connectivity index (χ1) is 11.9. The molecule has 0 saturated carbocycles. The van der Waals surface area contributed by atoms with Gasteiger partial charge in [-0.25, -0.2) is 9.67 Å². The van der Waals surface area contributed by atoms with E-state index in [0.29, 0.717) is 18.2 Å². The van der Waals surface area contributed by atoms with Crippen LogP contribution >= 0.6 is 0 Å². The molecule has 0 aromatic carbocycles. The fraction of sp³-hybridized carbons (Fsp3) is 0.684. The van der Waals surface area contributed by atoms with Crippen LogP contribution in [0.1, 0.15) is 70.6 Å². The van der Waals surface area contributed by atoms with Gasteiger partial charge in [-0.15, -0.1) is 0 Å². The molecule has 1 fully saturated rings. The zero-order chi connectivity index (χ0) is 17.9. The summed E-state index contributed by atoms with van der Waals surface area (Å²) in [4.78, 5) is 6.96. The van der Waals surface area contributed by atoms with Crippen LogP contribution in [0.25, 0.3) is 0 Å². The Hall–Kier alpha value is -1.66. The minimum Gasteiger partial charge on any atom is -0.467 e. The van der Waals surface area contributed by atoms with E-state index in [1.807, 2.05) is 16.8 Å². The molecular weight excluding hydrogens is 316 g/mol. The third kappa shape index (κ3) is 4.50. The average molecular weight is 346 g/mol. The Morgan fingerprint density at radius 1 is 1.32 bits per heavy atom. The molecule has 2 unspecified atom stereocenters. The van der Waals surface area contributed by atoms with E-state index in [-0.39, 0.29) is 5.54 Å². The van der Waals surface area contributed by atoms with Crippen LogP contribution in [0, 0.1) is 0 Å². The van der Waals surface area contributed by atoms with Gasteiger partial charge in [-0.3, -0.25) is 4.90 Å². The highest BCUT2D eigenvalue weighted by atomic mass is 16.4. The Labute approximate surface area is 149 Å². The summed E-state index contributed by atoms with van der Waals surface area (Å²) in [6, 6.07) is 4.00. The number of likely N-dealkylation sites (tertiary alicyclic amines) is 1. The van der Waals surface area contributed by atoms with Gasteiger partial charge >= 0.3 is 0 Å². The third-order valence-corrected chi connectivity index (χ3v) is 4.96. The molecule has 2 aromatic rings. The van der Waals surface area contributed by atoms with Gasteiger partial charge in [0.1, 0.15) is 24.0 Å². The van der Waals surface area contributed by atoms with Crippen LogP contribution in [-0.2, 0) is 12.1 Å². The Bertz CT molecular complexity index is 645. The van der Waals surface area contributed by atoms with E-state index in [9.17, 15) is 5.11 Å². The van der Waals surface area contributed by atoms with E-state index in [1.165, 1.54) is 19.3 Å². The summed E-state index contributed by atoms with van der Waals surface area (Å²) in [6.07, 6.45) is 8.14. The van der Waals surface area contributed by atoms with Crippen LogP contribution in [0.15, 0.2) is 29.1 Å². The van der Waals surface area contributed by atoms with Crippen LogP contribution < -0.4 is 0 Å². The van der Waals surface area contributed by atoms with Gasteiger partial charge in [0.15, 0.2) is 0 Å². The Kier molecular flexibility index (Phi) is 5.59. The summed E-state index contributed by atoms with van der Waals surface area (Å²) < 4.78 is 7.39. The minimum absolute atomic E-state index is 0.0825. The van der Waals surface area contributed by atoms with E-state index in [1.54, 1.807) is 12.6 Å². The Morgan fingerprint density at radius 3 is 2.88 bits per heavy atom. The molecule has 2 aromatic heterocycles. The van der Waals surface area contributed by atoms with Crippen molar-refractivity contribution in [3.63, 3.8) is 0 Å². The highest BCUT2D eigenvalue weighted by Gasteiger charge is 2.28. The van der Waals surface area contributed by atoms with Crippen molar-refractivity contribution >= 4 is 0 Å². The zero-order valence-electron chi connectivity index (χ0n) is 15.6. The number of nitrogens with zero attached hydrogens (tertiary/aromatic N) is 4. The van der Waals surface area contributed by atoms with Crippen molar-refractivity contribution in [2.75, 3.05) is 6.54 Å². The van der Waals surface area contributed by atoms with Gasteiger partial charge in [0.25, 0.3) is 0 Å². The molecule has 3 heterocycles. The van der Waals surface area contributed by atoms with Gasteiger partial charge in [-0.2, -0.15) is 5.10 Å². The molecule has 1 aliphatic heterocycles. The van der Waals surface area contributed by atoms with Gasteiger partial charge in [-0.1, -0.05) is 12.8 Å². The standard InChI is InChI=1S/C19H30N4O2/c1-19(2,3)23-18(20-14-21-23)13-22-10-6-4-5-8-15(22)12-16(24)17-9-7-11-25-17/h7,9,11,14-16,24H,4-6,8,10,12-13H2,1-3H3. The highest BCUT2D eigenvalue weighted by molar-refractivity contribution is 5.03. The van der Waals surface area contributed by atoms with Crippen molar-refractivity contribution in [2.45, 2.75) is 77.1 Å². The molecule has 0 aliphatic carbocycles. The van der Waals surface area contributed by atoms with Crippen molar-refractivity contribution in [3.05, 3.63) is 36.3 Å². The number of hydrogen-bond acceptors (Lipinski definition) is 5. The molecular formula is C19H30N4O2. The molecule has 138 valence electrons. The first kappa shape index (κ1) is 18.1. The Balaban J connectivity index is 1.74. The molecule has 1 aliphatic rings. The van der Waals surface area contributed by atoms with Gasteiger partial charge < -0.3 is 9.52 Å². The lowest BCUT2D eigenvalue weighted by Gasteiger charge is -2.32. The van der Waals surface area contributed by atoms with E-state index in [0.717, 1.165) is 25.3 Å². The van der Waals surface area contributed by atoms with Crippen molar-refractivity contribution in [1.82, 2.24) is 19.7 Å². The number of rotatable bonds is 5. The predicted molar refractivity (Wildman–Crippen MR) is 96.0 cm³/mol. The summed E-state index contributed by atoms with van der Waals surface area (Å²) in [7, 11) is 0. The second-order valence-corrected chi connectivity index (χ2v) is 8.00. The molecule has 6 nitrogen and oxygen atoms in total.